The molecule has 1 aromatic heterocycles. The lowest BCUT2D eigenvalue weighted by atomic mass is 10.1. The van der Waals surface area contributed by atoms with E-state index in [1.165, 1.54) is 11.3 Å². The predicted octanol–water partition coefficient (Wildman–Crippen LogP) is 3.42. The van der Waals surface area contributed by atoms with Crippen molar-refractivity contribution in [1.29, 1.82) is 0 Å². The van der Waals surface area contributed by atoms with Gasteiger partial charge < -0.3 is 15.4 Å². The minimum Gasteiger partial charge on any atom is -0.482 e. The molecule has 6 heteroatoms. The normalized spacial score (nSPS) is 10.5. The van der Waals surface area contributed by atoms with Crippen LogP contribution in [-0.4, -0.2) is 35.5 Å². The summed E-state index contributed by atoms with van der Waals surface area (Å²) < 4.78 is 5.61. The number of aromatic nitrogens is 1. The maximum Gasteiger partial charge on any atom is 0.260 e. The quantitative estimate of drug-likeness (QED) is 0.752. The lowest BCUT2D eigenvalue weighted by Crippen LogP contribution is -2.36. The monoisotopic (exact) mass is 333 g/mol. The molecule has 0 bridgehead atoms. The van der Waals surface area contributed by atoms with Crippen molar-refractivity contribution >= 4 is 22.9 Å². The van der Waals surface area contributed by atoms with Crippen LogP contribution in [0, 0.1) is 0 Å². The molecule has 0 fully saturated rings. The molecule has 23 heavy (non-hydrogen) atoms. The van der Waals surface area contributed by atoms with E-state index in [2.05, 4.69) is 18.8 Å². The van der Waals surface area contributed by atoms with Crippen LogP contribution in [0.2, 0.25) is 0 Å². The highest BCUT2D eigenvalue weighted by Crippen LogP contribution is 2.28. The van der Waals surface area contributed by atoms with Crippen molar-refractivity contribution in [2.45, 2.75) is 26.7 Å². The molecule has 0 aliphatic rings. The molecule has 2 aromatic rings. The molecule has 0 radical (unpaired) electrons. The van der Waals surface area contributed by atoms with E-state index < -0.39 is 0 Å². The Labute approximate surface area is 141 Å². The summed E-state index contributed by atoms with van der Waals surface area (Å²) in [5.41, 5.74) is 10.2. The SMILES string of the molecule is CCCN(CCC)C(=O)COc1ccc(-c2cscn2)cc1N. The number of hydrogen-bond donors (Lipinski definition) is 1. The number of nitrogen functional groups attached to an aromatic ring is 1. The van der Waals surface area contributed by atoms with Gasteiger partial charge >= 0.3 is 0 Å². The average Bonchev–Trinajstić information content (AvgIpc) is 3.07. The first-order valence-electron chi connectivity index (χ1n) is 7.84. The predicted molar refractivity (Wildman–Crippen MR) is 94.6 cm³/mol. The zero-order valence-corrected chi connectivity index (χ0v) is 14.4. The molecule has 2 N–H and O–H groups in total. The molecule has 0 atom stereocenters. The van der Waals surface area contributed by atoms with Crippen LogP contribution in [0.5, 0.6) is 5.75 Å². The molecule has 124 valence electrons. The minimum atomic E-state index is -0.00308. The molecule has 0 aliphatic heterocycles. The fraction of sp³-hybridized carbons (Fsp3) is 0.412. The van der Waals surface area contributed by atoms with Gasteiger partial charge in [-0.15, -0.1) is 11.3 Å². The summed E-state index contributed by atoms with van der Waals surface area (Å²) in [7, 11) is 0. The van der Waals surface area contributed by atoms with Gasteiger partial charge in [-0.05, 0) is 31.0 Å². The van der Waals surface area contributed by atoms with Gasteiger partial charge in [0.1, 0.15) is 5.75 Å². The van der Waals surface area contributed by atoms with Crippen molar-refractivity contribution in [1.82, 2.24) is 9.88 Å². The molecular weight excluding hydrogens is 310 g/mol. The van der Waals surface area contributed by atoms with Crippen LogP contribution in [0.15, 0.2) is 29.1 Å². The first-order valence-corrected chi connectivity index (χ1v) is 8.78. The first kappa shape index (κ1) is 17.3. The van der Waals surface area contributed by atoms with Gasteiger partial charge in [0.15, 0.2) is 6.61 Å². The third-order valence-electron chi connectivity index (χ3n) is 3.43. The molecule has 1 aromatic carbocycles. The van der Waals surface area contributed by atoms with Crippen LogP contribution in [0.1, 0.15) is 26.7 Å². The smallest absolute Gasteiger partial charge is 0.260 e. The van der Waals surface area contributed by atoms with E-state index >= 15 is 0 Å². The van der Waals surface area contributed by atoms with Gasteiger partial charge in [-0.1, -0.05) is 13.8 Å². The zero-order chi connectivity index (χ0) is 16.7. The summed E-state index contributed by atoms with van der Waals surface area (Å²) >= 11 is 1.54. The van der Waals surface area contributed by atoms with Crippen LogP contribution in [0.25, 0.3) is 11.3 Å². The number of ether oxygens (including phenoxy) is 1. The molecule has 5 nitrogen and oxygen atoms in total. The van der Waals surface area contributed by atoms with Gasteiger partial charge in [-0.2, -0.15) is 0 Å². The molecular formula is C17H23N3O2S. The maximum absolute atomic E-state index is 12.2. The number of anilines is 1. The highest BCUT2D eigenvalue weighted by molar-refractivity contribution is 7.07. The van der Waals surface area contributed by atoms with Gasteiger partial charge in [0, 0.05) is 24.0 Å². The van der Waals surface area contributed by atoms with Gasteiger partial charge in [-0.3, -0.25) is 4.79 Å². The van der Waals surface area contributed by atoms with E-state index in [1.54, 1.807) is 11.6 Å². The Morgan fingerprint density at radius 1 is 1.30 bits per heavy atom. The third kappa shape index (κ3) is 4.69. The Balaban J connectivity index is 1.99. The Hall–Kier alpha value is -2.08. The maximum atomic E-state index is 12.2. The molecule has 0 spiro atoms. The fourth-order valence-corrected chi connectivity index (χ4v) is 2.89. The number of amides is 1. The first-order chi connectivity index (χ1) is 11.2. The van der Waals surface area contributed by atoms with E-state index in [9.17, 15) is 4.79 Å². The van der Waals surface area contributed by atoms with Crippen LogP contribution >= 0.6 is 11.3 Å². The standard InChI is InChI=1S/C17H23N3O2S/c1-3-7-20(8-4-2)17(21)10-22-16-6-5-13(9-14(16)18)15-11-23-12-19-15/h5-6,9,11-12H,3-4,7-8,10,18H2,1-2H3. The summed E-state index contributed by atoms with van der Waals surface area (Å²) in [5.74, 6) is 0.530. The number of nitrogens with zero attached hydrogens (tertiary/aromatic N) is 2. The number of nitrogens with two attached hydrogens (primary N) is 1. The van der Waals surface area contributed by atoms with Crippen molar-refractivity contribution in [3.63, 3.8) is 0 Å². The van der Waals surface area contributed by atoms with Crippen molar-refractivity contribution in [2.24, 2.45) is 0 Å². The van der Waals surface area contributed by atoms with Crippen molar-refractivity contribution in [3.05, 3.63) is 29.1 Å². The van der Waals surface area contributed by atoms with Gasteiger partial charge in [0.25, 0.3) is 5.91 Å². The zero-order valence-electron chi connectivity index (χ0n) is 13.6. The highest BCUT2D eigenvalue weighted by Gasteiger charge is 2.13. The van der Waals surface area contributed by atoms with Crippen LogP contribution in [0.3, 0.4) is 0 Å². The number of thiazole rings is 1. The number of carbonyl (C=O) groups excluding carboxylic acids is 1. The molecule has 2 rings (SSSR count). The van der Waals surface area contributed by atoms with Crippen LogP contribution < -0.4 is 10.5 Å². The topological polar surface area (TPSA) is 68.5 Å². The van der Waals surface area contributed by atoms with Gasteiger partial charge in [0.05, 0.1) is 16.9 Å². The second-order valence-corrected chi connectivity index (χ2v) is 6.01. The van der Waals surface area contributed by atoms with E-state index in [4.69, 9.17) is 10.5 Å². The number of carbonyl (C=O) groups is 1. The second kappa shape index (κ2) is 8.53. The lowest BCUT2D eigenvalue weighted by molar-refractivity contribution is -0.133. The van der Waals surface area contributed by atoms with E-state index in [0.717, 1.165) is 37.2 Å². The average molecular weight is 333 g/mol. The molecule has 1 amide bonds. The fourth-order valence-electron chi connectivity index (χ4n) is 2.33. The van der Waals surface area contributed by atoms with Gasteiger partial charge in [-0.25, -0.2) is 4.98 Å². The van der Waals surface area contributed by atoms with E-state index in [1.807, 2.05) is 22.4 Å². The number of hydrogen-bond acceptors (Lipinski definition) is 5. The minimum absolute atomic E-state index is 0.00308. The van der Waals surface area contributed by atoms with Crippen molar-refractivity contribution < 1.29 is 9.53 Å². The number of benzene rings is 1. The summed E-state index contributed by atoms with van der Waals surface area (Å²) in [4.78, 5) is 18.3. The second-order valence-electron chi connectivity index (χ2n) is 5.30. The molecule has 0 saturated carbocycles. The summed E-state index contributed by atoms with van der Waals surface area (Å²) in [5, 5.41) is 1.96. The number of rotatable bonds is 8. The molecule has 0 unspecified atom stereocenters. The van der Waals surface area contributed by atoms with Crippen molar-refractivity contribution in [2.75, 3.05) is 25.4 Å². The Morgan fingerprint density at radius 2 is 2.04 bits per heavy atom. The molecule has 0 aliphatic carbocycles. The van der Waals surface area contributed by atoms with E-state index in [0.29, 0.717) is 11.4 Å². The van der Waals surface area contributed by atoms with E-state index in [-0.39, 0.29) is 12.5 Å². The van der Waals surface area contributed by atoms with Crippen LogP contribution in [-0.2, 0) is 4.79 Å². The van der Waals surface area contributed by atoms with Crippen molar-refractivity contribution in [3.8, 4) is 17.0 Å². The summed E-state index contributed by atoms with van der Waals surface area (Å²) in [6, 6.07) is 5.52. The molecule has 1 heterocycles. The Bertz CT molecular complexity index is 623. The Kier molecular flexibility index (Phi) is 6.40. The Morgan fingerprint density at radius 3 is 2.61 bits per heavy atom. The summed E-state index contributed by atoms with van der Waals surface area (Å²) in [6.45, 7) is 5.65. The highest BCUT2D eigenvalue weighted by atomic mass is 32.1. The van der Waals surface area contributed by atoms with Gasteiger partial charge in [0.2, 0.25) is 0 Å². The summed E-state index contributed by atoms with van der Waals surface area (Å²) in [6.07, 6.45) is 1.88. The third-order valence-corrected chi connectivity index (χ3v) is 4.02. The molecule has 0 saturated heterocycles. The largest absolute Gasteiger partial charge is 0.482 e. The lowest BCUT2D eigenvalue weighted by Gasteiger charge is -2.21. The van der Waals surface area contributed by atoms with Crippen LogP contribution in [0.4, 0.5) is 5.69 Å².